The van der Waals surface area contributed by atoms with E-state index in [1.54, 1.807) is 18.5 Å². The first-order valence-electron chi connectivity index (χ1n) is 7.83. The zero-order valence-corrected chi connectivity index (χ0v) is 13.8. The molecule has 1 aromatic carbocycles. The molecule has 0 saturated carbocycles. The zero-order valence-electron chi connectivity index (χ0n) is 13.8. The van der Waals surface area contributed by atoms with Gasteiger partial charge in [0.2, 0.25) is 5.91 Å². The van der Waals surface area contributed by atoms with Gasteiger partial charge in [-0.05, 0) is 37.5 Å². The summed E-state index contributed by atoms with van der Waals surface area (Å²) in [6, 6.07) is 5.61. The van der Waals surface area contributed by atoms with Gasteiger partial charge in [-0.3, -0.25) is 14.4 Å². The van der Waals surface area contributed by atoms with E-state index in [0.717, 1.165) is 16.6 Å². The van der Waals surface area contributed by atoms with Gasteiger partial charge in [0.25, 0.3) is 5.56 Å². The molecule has 0 fully saturated rings. The van der Waals surface area contributed by atoms with Crippen molar-refractivity contribution in [2.45, 2.75) is 32.6 Å². The number of amides is 1. The minimum absolute atomic E-state index is 0.0503. The number of carbonyl (C=O) groups is 2. The summed E-state index contributed by atoms with van der Waals surface area (Å²) in [7, 11) is 1.71. The van der Waals surface area contributed by atoms with Crippen molar-refractivity contribution < 1.29 is 14.7 Å². The number of carboxylic acid groups (broad SMARTS) is 1. The lowest BCUT2D eigenvalue weighted by molar-refractivity contribution is -0.137. The van der Waals surface area contributed by atoms with Crippen molar-refractivity contribution in [2.75, 3.05) is 6.54 Å². The van der Waals surface area contributed by atoms with Crippen LogP contribution in [0.25, 0.3) is 11.0 Å². The predicted octanol–water partition coefficient (Wildman–Crippen LogP) is 1.16. The molecule has 128 valence electrons. The molecule has 1 amide bonds. The molecule has 0 aliphatic rings. The number of carbonyl (C=O) groups excluding carboxylic acids is 1. The van der Waals surface area contributed by atoms with Gasteiger partial charge in [-0.2, -0.15) is 0 Å². The fraction of sp³-hybridized carbons (Fsp3) is 0.412. The molecule has 0 unspecified atom stereocenters. The number of nitrogens with one attached hydrogen (secondary N) is 1. The Morgan fingerprint density at radius 1 is 1.29 bits per heavy atom. The van der Waals surface area contributed by atoms with Crippen LogP contribution in [0, 0.1) is 6.92 Å². The molecule has 7 heteroatoms. The maximum atomic E-state index is 11.9. The summed E-state index contributed by atoms with van der Waals surface area (Å²) in [6.45, 7) is 2.05. The highest BCUT2D eigenvalue weighted by molar-refractivity contribution is 5.78. The first-order valence-corrected chi connectivity index (χ1v) is 7.83. The first kappa shape index (κ1) is 17.7. The highest BCUT2D eigenvalue weighted by atomic mass is 16.4. The van der Waals surface area contributed by atoms with Gasteiger partial charge < -0.3 is 15.0 Å². The number of hydrogen-bond donors (Lipinski definition) is 2. The Labute approximate surface area is 139 Å². The molecule has 2 rings (SSSR count). The Bertz CT molecular complexity index is 826. The average Bonchev–Trinajstić information content (AvgIpc) is 2.54. The highest BCUT2D eigenvalue weighted by Gasteiger charge is 2.07. The summed E-state index contributed by atoms with van der Waals surface area (Å²) in [5, 5.41) is 11.2. The van der Waals surface area contributed by atoms with E-state index in [4.69, 9.17) is 5.11 Å². The van der Waals surface area contributed by atoms with E-state index in [-0.39, 0.29) is 17.9 Å². The maximum Gasteiger partial charge on any atom is 0.303 e. The van der Waals surface area contributed by atoms with Crippen LogP contribution < -0.4 is 10.9 Å². The molecule has 0 spiro atoms. The van der Waals surface area contributed by atoms with Crippen LogP contribution in [0.5, 0.6) is 0 Å². The van der Waals surface area contributed by atoms with Crippen molar-refractivity contribution in [3.63, 3.8) is 0 Å². The molecular weight excluding hydrogens is 310 g/mol. The zero-order chi connectivity index (χ0) is 17.7. The molecule has 0 saturated heterocycles. The molecule has 0 aliphatic carbocycles. The van der Waals surface area contributed by atoms with Gasteiger partial charge in [-0.15, -0.1) is 0 Å². The summed E-state index contributed by atoms with van der Waals surface area (Å²) in [5.74, 6) is -0.970. The number of benzene rings is 1. The van der Waals surface area contributed by atoms with Crippen LogP contribution in [0.15, 0.2) is 23.0 Å². The molecule has 24 heavy (non-hydrogen) atoms. The van der Waals surface area contributed by atoms with E-state index < -0.39 is 5.97 Å². The first-order chi connectivity index (χ1) is 11.4. The lowest BCUT2D eigenvalue weighted by Crippen LogP contribution is -2.25. The van der Waals surface area contributed by atoms with Crippen LogP contribution in [-0.4, -0.2) is 33.1 Å². The van der Waals surface area contributed by atoms with Gasteiger partial charge in [0.1, 0.15) is 5.69 Å². The molecule has 0 atom stereocenters. The van der Waals surface area contributed by atoms with Crippen LogP contribution in [0.2, 0.25) is 0 Å². The Hall–Kier alpha value is -2.70. The molecule has 0 bridgehead atoms. The summed E-state index contributed by atoms with van der Waals surface area (Å²) in [5.41, 5.74) is 2.78. The standard InChI is InChI=1S/C17H21N3O4/c1-11-17(24)20(2)14-7-5-12(10-13(14)19-11)6-8-15(21)18-9-3-4-16(22)23/h5,7,10H,3-4,6,8-9H2,1-2H3,(H,18,21)(H,22,23). The van der Waals surface area contributed by atoms with E-state index in [1.165, 1.54) is 0 Å². The summed E-state index contributed by atoms with van der Waals surface area (Å²) < 4.78 is 1.57. The maximum absolute atomic E-state index is 11.9. The SMILES string of the molecule is Cc1nc2cc(CCC(=O)NCCCC(=O)O)ccc2n(C)c1=O. The number of nitrogens with zero attached hydrogens (tertiary/aromatic N) is 2. The summed E-state index contributed by atoms with van der Waals surface area (Å²) in [6.07, 6.45) is 1.36. The van der Waals surface area contributed by atoms with Gasteiger partial charge in [0.05, 0.1) is 11.0 Å². The lowest BCUT2D eigenvalue weighted by Gasteiger charge is -2.08. The van der Waals surface area contributed by atoms with Gasteiger partial charge in [-0.1, -0.05) is 6.07 Å². The van der Waals surface area contributed by atoms with E-state index in [1.807, 2.05) is 18.2 Å². The number of rotatable bonds is 7. The van der Waals surface area contributed by atoms with Crippen molar-refractivity contribution in [1.29, 1.82) is 0 Å². The second-order valence-corrected chi connectivity index (χ2v) is 5.73. The molecule has 2 N–H and O–H groups in total. The van der Waals surface area contributed by atoms with Crippen LogP contribution in [0.4, 0.5) is 0 Å². The van der Waals surface area contributed by atoms with E-state index in [9.17, 15) is 14.4 Å². The quantitative estimate of drug-likeness (QED) is 0.741. The third-order valence-electron chi connectivity index (χ3n) is 3.83. The van der Waals surface area contributed by atoms with Gasteiger partial charge in [0.15, 0.2) is 0 Å². The minimum Gasteiger partial charge on any atom is -0.481 e. The Kier molecular flexibility index (Phi) is 5.68. The Morgan fingerprint density at radius 2 is 2.04 bits per heavy atom. The average molecular weight is 331 g/mol. The molecule has 1 heterocycles. The van der Waals surface area contributed by atoms with Crippen LogP contribution >= 0.6 is 0 Å². The van der Waals surface area contributed by atoms with Crippen molar-refractivity contribution in [2.24, 2.45) is 7.05 Å². The third-order valence-corrected chi connectivity index (χ3v) is 3.83. The fourth-order valence-electron chi connectivity index (χ4n) is 2.49. The normalized spacial score (nSPS) is 10.8. The summed E-state index contributed by atoms with van der Waals surface area (Å²) in [4.78, 5) is 38.3. The number of carboxylic acids is 1. The topological polar surface area (TPSA) is 101 Å². The summed E-state index contributed by atoms with van der Waals surface area (Å²) >= 11 is 0. The van der Waals surface area contributed by atoms with E-state index in [2.05, 4.69) is 10.3 Å². The van der Waals surface area contributed by atoms with Crippen LogP contribution in [-0.2, 0) is 23.1 Å². The molecule has 0 radical (unpaired) electrons. The Balaban J connectivity index is 1.96. The molecule has 1 aromatic heterocycles. The smallest absolute Gasteiger partial charge is 0.303 e. The van der Waals surface area contributed by atoms with Crippen LogP contribution in [0.3, 0.4) is 0 Å². The van der Waals surface area contributed by atoms with Crippen molar-refractivity contribution in [3.05, 3.63) is 39.8 Å². The fourth-order valence-corrected chi connectivity index (χ4v) is 2.49. The second kappa shape index (κ2) is 7.72. The molecule has 7 nitrogen and oxygen atoms in total. The lowest BCUT2D eigenvalue weighted by atomic mass is 10.1. The van der Waals surface area contributed by atoms with E-state index >= 15 is 0 Å². The van der Waals surface area contributed by atoms with Gasteiger partial charge in [0, 0.05) is 26.4 Å². The number of aromatic nitrogens is 2. The number of aryl methyl sites for hydroxylation is 3. The Morgan fingerprint density at radius 3 is 2.75 bits per heavy atom. The minimum atomic E-state index is -0.863. The largest absolute Gasteiger partial charge is 0.481 e. The third kappa shape index (κ3) is 4.41. The highest BCUT2D eigenvalue weighted by Crippen LogP contribution is 2.14. The predicted molar refractivity (Wildman–Crippen MR) is 89.9 cm³/mol. The molecule has 0 aliphatic heterocycles. The monoisotopic (exact) mass is 331 g/mol. The van der Waals surface area contributed by atoms with Crippen LogP contribution in [0.1, 0.15) is 30.5 Å². The van der Waals surface area contributed by atoms with Gasteiger partial charge >= 0.3 is 5.97 Å². The van der Waals surface area contributed by atoms with Crippen molar-refractivity contribution in [1.82, 2.24) is 14.9 Å². The van der Waals surface area contributed by atoms with Crippen molar-refractivity contribution in [3.8, 4) is 0 Å². The van der Waals surface area contributed by atoms with Gasteiger partial charge in [-0.25, -0.2) is 4.98 Å². The number of hydrogen-bond acceptors (Lipinski definition) is 4. The van der Waals surface area contributed by atoms with Crippen molar-refractivity contribution >= 4 is 22.9 Å². The van der Waals surface area contributed by atoms with E-state index in [0.29, 0.717) is 31.5 Å². The number of fused-ring (bicyclic) bond motifs is 1. The molecule has 2 aromatic rings. The number of aliphatic carboxylic acids is 1. The second-order valence-electron chi connectivity index (χ2n) is 5.73. The molecular formula is C17H21N3O4.